The minimum Gasteiger partial charge on any atom is -0.496 e. The third-order valence-electron chi connectivity index (χ3n) is 4.30. The van der Waals surface area contributed by atoms with Crippen LogP contribution in [-0.2, 0) is 0 Å². The van der Waals surface area contributed by atoms with Crippen LogP contribution in [0.25, 0.3) is 0 Å². The van der Waals surface area contributed by atoms with Crippen molar-refractivity contribution in [3.8, 4) is 5.75 Å². The van der Waals surface area contributed by atoms with Gasteiger partial charge in [0.1, 0.15) is 5.75 Å². The highest BCUT2D eigenvalue weighted by molar-refractivity contribution is 5.85. The molecular formula is C17H26ClF3N2O. The van der Waals surface area contributed by atoms with E-state index in [0.29, 0.717) is 37.5 Å². The number of halogens is 4. The largest absolute Gasteiger partial charge is 0.496 e. The first-order chi connectivity index (χ1) is 10.8. The Hall–Kier alpha value is -0.980. The molecule has 0 spiro atoms. The summed E-state index contributed by atoms with van der Waals surface area (Å²) in [6.07, 6.45) is -5.07. The molecule has 0 aromatic heterocycles. The second-order valence-corrected chi connectivity index (χ2v) is 6.28. The first-order valence-corrected chi connectivity index (χ1v) is 8.01. The molecule has 1 N–H and O–H groups in total. The highest BCUT2D eigenvalue weighted by Gasteiger charge is 2.37. The summed E-state index contributed by atoms with van der Waals surface area (Å²) in [7, 11) is 1.51. The monoisotopic (exact) mass is 366 g/mol. The number of ether oxygens (including phenoxy) is 1. The topological polar surface area (TPSA) is 24.5 Å². The quantitative estimate of drug-likeness (QED) is 0.847. The molecule has 0 saturated carbocycles. The Morgan fingerprint density at radius 3 is 2.33 bits per heavy atom. The van der Waals surface area contributed by atoms with E-state index in [1.54, 1.807) is 6.07 Å². The van der Waals surface area contributed by atoms with Crippen LogP contribution in [0, 0.1) is 0 Å². The molecule has 0 radical (unpaired) electrons. The van der Waals surface area contributed by atoms with Crippen molar-refractivity contribution >= 4 is 12.4 Å². The summed E-state index contributed by atoms with van der Waals surface area (Å²) < 4.78 is 44.8. The van der Waals surface area contributed by atoms with Crippen LogP contribution in [-0.4, -0.2) is 44.4 Å². The Bertz CT molecular complexity index is 517. The van der Waals surface area contributed by atoms with Gasteiger partial charge in [0.2, 0.25) is 0 Å². The highest BCUT2D eigenvalue weighted by Crippen LogP contribution is 2.39. The molecule has 1 aromatic rings. The summed E-state index contributed by atoms with van der Waals surface area (Å²) in [5.74, 6) is 0.788. The molecule has 24 heavy (non-hydrogen) atoms. The van der Waals surface area contributed by atoms with E-state index in [-0.39, 0.29) is 18.3 Å². The molecule has 1 heterocycles. The van der Waals surface area contributed by atoms with Crippen molar-refractivity contribution in [2.75, 3.05) is 33.3 Å². The fourth-order valence-electron chi connectivity index (χ4n) is 3.02. The molecule has 1 fully saturated rings. The van der Waals surface area contributed by atoms with Gasteiger partial charge in [0, 0.05) is 37.8 Å². The van der Waals surface area contributed by atoms with Crippen LogP contribution in [0.4, 0.5) is 13.2 Å². The lowest BCUT2D eigenvalue weighted by atomic mass is 9.94. The number of rotatable bonds is 5. The standard InChI is InChI=1S/C17H25F3N2O.ClH/c1-12(2)13-4-5-16(23-3)14(10-13)15(11-17(18,19)20)22-8-6-21-7-9-22;/h4-5,10,12,15,21H,6-9,11H2,1-3H3;1H/t15-;/m0./s1. The Morgan fingerprint density at radius 2 is 1.83 bits per heavy atom. The van der Waals surface area contributed by atoms with Gasteiger partial charge in [-0.1, -0.05) is 26.0 Å². The first-order valence-electron chi connectivity index (χ1n) is 8.01. The van der Waals surface area contributed by atoms with E-state index in [4.69, 9.17) is 4.74 Å². The predicted molar refractivity (Wildman–Crippen MR) is 92.2 cm³/mol. The lowest BCUT2D eigenvalue weighted by molar-refractivity contribution is -0.148. The smallest absolute Gasteiger partial charge is 0.390 e. The van der Waals surface area contributed by atoms with Crippen molar-refractivity contribution in [2.45, 2.75) is 38.4 Å². The molecular weight excluding hydrogens is 341 g/mol. The first kappa shape index (κ1) is 21.1. The van der Waals surface area contributed by atoms with Crippen LogP contribution in [0.5, 0.6) is 5.75 Å². The van der Waals surface area contributed by atoms with Gasteiger partial charge >= 0.3 is 6.18 Å². The minimum absolute atomic E-state index is 0. The predicted octanol–water partition coefficient (Wildman–Crippen LogP) is 4.14. The van der Waals surface area contributed by atoms with Crippen molar-refractivity contribution in [1.82, 2.24) is 10.2 Å². The van der Waals surface area contributed by atoms with Gasteiger partial charge in [-0.2, -0.15) is 13.2 Å². The average molecular weight is 367 g/mol. The molecule has 0 unspecified atom stereocenters. The minimum atomic E-state index is -4.21. The molecule has 2 rings (SSSR count). The molecule has 1 saturated heterocycles. The maximum atomic E-state index is 13.2. The zero-order valence-electron chi connectivity index (χ0n) is 14.3. The second-order valence-electron chi connectivity index (χ2n) is 6.28. The number of nitrogens with one attached hydrogen (secondary N) is 1. The summed E-state index contributed by atoms with van der Waals surface area (Å²) in [4.78, 5) is 1.91. The number of alkyl halides is 3. The lowest BCUT2D eigenvalue weighted by Crippen LogP contribution is -2.46. The summed E-state index contributed by atoms with van der Waals surface area (Å²) in [5.41, 5.74) is 1.67. The van der Waals surface area contributed by atoms with Crippen LogP contribution in [0.15, 0.2) is 18.2 Å². The van der Waals surface area contributed by atoms with Crippen LogP contribution >= 0.6 is 12.4 Å². The van der Waals surface area contributed by atoms with Gasteiger partial charge in [0.05, 0.1) is 13.5 Å². The van der Waals surface area contributed by atoms with E-state index in [2.05, 4.69) is 5.32 Å². The summed E-state index contributed by atoms with van der Waals surface area (Å²) in [6, 6.07) is 4.89. The normalized spacial score (nSPS) is 17.5. The maximum absolute atomic E-state index is 13.2. The molecule has 1 aliphatic heterocycles. The van der Waals surface area contributed by atoms with Gasteiger partial charge < -0.3 is 10.1 Å². The van der Waals surface area contributed by atoms with Gasteiger partial charge in [-0.15, -0.1) is 12.4 Å². The van der Waals surface area contributed by atoms with E-state index >= 15 is 0 Å². The summed E-state index contributed by atoms with van der Waals surface area (Å²) >= 11 is 0. The third kappa shape index (κ3) is 5.53. The molecule has 1 aliphatic rings. The highest BCUT2D eigenvalue weighted by atomic mass is 35.5. The molecule has 7 heteroatoms. The SMILES string of the molecule is COc1ccc(C(C)C)cc1[C@H](CC(F)(F)F)N1CCNCC1.Cl. The Balaban J connectivity index is 0.00000288. The summed E-state index contributed by atoms with van der Waals surface area (Å²) in [5, 5.41) is 3.19. The van der Waals surface area contributed by atoms with Gasteiger partial charge in [-0.05, 0) is 17.5 Å². The summed E-state index contributed by atoms with van der Waals surface area (Å²) in [6.45, 7) is 6.71. The molecule has 1 atom stereocenters. The zero-order valence-corrected chi connectivity index (χ0v) is 15.1. The number of hydrogen-bond donors (Lipinski definition) is 1. The Kier molecular flexibility index (Phi) is 7.83. The fourth-order valence-corrected chi connectivity index (χ4v) is 3.02. The van der Waals surface area contributed by atoms with Crippen molar-refractivity contribution in [2.24, 2.45) is 0 Å². The second kappa shape index (κ2) is 8.92. The fraction of sp³-hybridized carbons (Fsp3) is 0.647. The van der Waals surface area contributed by atoms with Crippen LogP contribution in [0.3, 0.4) is 0 Å². The Labute approximate surface area is 148 Å². The number of methoxy groups -OCH3 is 1. The van der Waals surface area contributed by atoms with Crippen molar-refractivity contribution in [3.05, 3.63) is 29.3 Å². The van der Waals surface area contributed by atoms with Gasteiger partial charge in [0.25, 0.3) is 0 Å². The van der Waals surface area contributed by atoms with E-state index in [9.17, 15) is 13.2 Å². The Morgan fingerprint density at radius 1 is 1.21 bits per heavy atom. The average Bonchev–Trinajstić information content (AvgIpc) is 2.52. The zero-order chi connectivity index (χ0) is 17.0. The van der Waals surface area contributed by atoms with Gasteiger partial charge in [0.15, 0.2) is 0 Å². The molecule has 0 bridgehead atoms. The van der Waals surface area contributed by atoms with Crippen LogP contribution in [0.2, 0.25) is 0 Å². The van der Waals surface area contributed by atoms with E-state index in [1.807, 2.05) is 30.9 Å². The molecule has 0 amide bonds. The number of benzene rings is 1. The number of piperazine rings is 1. The van der Waals surface area contributed by atoms with E-state index in [1.165, 1.54) is 7.11 Å². The van der Waals surface area contributed by atoms with Crippen molar-refractivity contribution < 1.29 is 17.9 Å². The van der Waals surface area contributed by atoms with Crippen molar-refractivity contribution in [1.29, 1.82) is 0 Å². The lowest BCUT2D eigenvalue weighted by Gasteiger charge is -2.36. The van der Waals surface area contributed by atoms with Gasteiger partial charge in [-0.25, -0.2) is 0 Å². The van der Waals surface area contributed by atoms with E-state index in [0.717, 1.165) is 5.56 Å². The van der Waals surface area contributed by atoms with Crippen molar-refractivity contribution in [3.63, 3.8) is 0 Å². The molecule has 0 aliphatic carbocycles. The van der Waals surface area contributed by atoms with Crippen LogP contribution < -0.4 is 10.1 Å². The molecule has 138 valence electrons. The third-order valence-corrected chi connectivity index (χ3v) is 4.30. The van der Waals surface area contributed by atoms with Crippen LogP contribution in [0.1, 0.15) is 43.4 Å². The molecule has 3 nitrogen and oxygen atoms in total. The van der Waals surface area contributed by atoms with E-state index < -0.39 is 18.6 Å². The number of nitrogens with zero attached hydrogens (tertiary/aromatic N) is 1. The molecule has 1 aromatic carbocycles. The van der Waals surface area contributed by atoms with Gasteiger partial charge in [-0.3, -0.25) is 4.90 Å². The maximum Gasteiger partial charge on any atom is 0.390 e. The number of hydrogen-bond acceptors (Lipinski definition) is 3.